The summed E-state index contributed by atoms with van der Waals surface area (Å²) in [6, 6.07) is 15.2. The number of carbonyl (C=O) groups is 1. The number of hydrogen-bond donors (Lipinski definition) is 4. The van der Waals surface area contributed by atoms with Gasteiger partial charge < -0.3 is 20.8 Å². The monoisotopic (exact) mass is 476 g/mol. The predicted molar refractivity (Wildman–Crippen MR) is 127 cm³/mol. The van der Waals surface area contributed by atoms with E-state index in [0.717, 1.165) is 12.1 Å². The summed E-state index contributed by atoms with van der Waals surface area (Å²) in [5.41, 5.74) is 1.01. The van der Waals surface area contributed by atoms with Crippen LogP contribution >= 0.6 is 0 Å². The first-order chi connectivity index (χ1) is 16.7. The number of benzene rings is 3. The van der Waals surface area contributed by atoms with E-state index in [1.165, 1.54) is 13.0 Å². The summed E-state index contributed by atoms with van der Waals surface area (Å²) in [5.74, 6) is -0.757. The zero-order chi connectivity index (χ0) is 25.3. The van der Waals surface area contributed by atoms with Crippen molar-refractivity contribution in [3.05, 3.63) is 115 Å². The number of nitro benzene ring substituents is 2. The van der Waals surface area contributed by atoms with Crippen molar-refractivity contribution in [3.63, 3.8) is 0 Å². The Morgan fingerprint density at radius 2 is 1.60 bits per heavy atom. The number of nitro groups is 2. The van der Waals surface area contributed by atoms with Crippen LogP contribution < -0.4 is 10.6 Å². The average Bonchev–Trinajstić information content (AvgIpc) is 2.82. The van der Waals surface area contributed by atoms with Crippen molar-refractivity contribution >= 4 is 28.7 Å². The van der Waals surface area contributed by atoms with Gasteiger partial charge in [-0.05, 0) is 42.3 Å². The molecule has 0 radical (unpaired) electrons. The Labute approximate surface area is 198 Å². The lowest BCUT2D eigenvalue weighted by Gasteiger charge is -2.27. The lowest BCUT2D eigenvalue weighted by atomic mass is 9.90. The van der Waals surface area contributed by atoms with Crippen LogP contribution in [0.15, 0.2) is 72.4 Å². The van der Waals surface area contributed by atoms with E-state index in [2.05, 4.69) is 10.6 Å². The molecular weight excluding hydrogens is 456 g/mol. The first kappa shape index (κ1) is 23.5. The summed E-state index contributed by atoms with van der Waals surface area (Å²) in [6.07, 6.45) is -0.419. The number of fused-ring (bicyclic) bond motifs is 1. The molecule has 0 saturated heterocycles. The van der Waals surface area contributed by atoms with Crippen molar-refractivity contribution in [2.75, 3.05) is 10.6 Å². The molecule has 3 aromatic carbocycles. The lowest BCUT2D eigenvalue weighted by Crippen LogP contribution is -2.19. The van der Waals surface area contributed by atoms with Crippen LogP contribution in [0.2, 0.25) is 0 Å². The molecule has 4 rings (SSSR count). The van der Waals surface area contributed by atoms with Crippen molar-refractivity contribution in [1.82, 2.24) is 0 Å². The van der Waals surface area contributed by atoms with Gasteiger partial charge in [0.05, 0.1) is 27.6 Å². The largest absolute Gasteiger partial charge is 0.384 e. The van der Waals surface area contributed by atoms with Gasteiger partial charge in [-0.25, -0.2) is 0 Å². The minimum absolute atomic E-state index is 0.00415. The van der Waals surface area contributed by atoms with Crippen molar-refractivity contribution in [1.29, 1.82) is 0 Å². The molecule has 178 valence electrons. The van der Waals surface area contributed by atoms with Gasteiger partial charge in [0.2, 0.25) is 0 Å². The molecule has 11 heteroatoms. The number of aliphatic hydroxyl groups excluding tert-OH is 2. The number of non-ortho nitro benzene ring substituents is 1. The molecule has 0 aromatic heterocycles. The highest BCUT2D eigenvalue weighted by Gasteiger charge is 2.27. The van der Waals surface area contributed by atoms with E-state index in [-0.39, 0.29) is 11.1 Å². The maximum Gasteiger partial charge on any atom is 0.279 e. The van der Waals surface area contributed by atoms with Crippen LogP contribution in [0.4, 0.5) is 22.7 Å². The number of hydrogen-bond acceptors (Lipinski definition) is 8. The third-order valence-electron chi connectivity index (χ3n) is 5.67. The fourth-order valence-corrected chi connectivity index (χ4v) is 3.91. The molecule has 2 unspecified atom stereocenters. The lowest BCUT2D eigenvalue weighted by molar-refractivity contribution is -0.394. The van der Waals surface area contributed by atoms with Crippen LogP contribution in [0.3, 0.4) is 0 Å². The smallest absolute Gasteiger partial charge is 0.279 e. The number of rotatable bonds is 6. The molecule has 35 heavy (non-hydrogen) atoms. The van der Waals surface area contributed by atoms with Crippen LogP contribution in [0, 0.1) is 27.2 Å². The third-order valence-corrected chi connectivity index (χ3v) is 5.67. The molecule has 0 heterocycles. The molecular formula is C24H20N4O7. The number of aliphatic hydroxyl groups is 2. The molecule has 2 atom stereocenters. The second-order valence-electron chi connectivity index (χ2n) is 7.91. The van der Waals surface area contributed by atoms with Gasteiger partial charge in [-0.3, -0.25) is 25.0 Å². The summed E-state index contributed by atoms with van der Waals surface area (Å²) in [7, 11) is 0. The predicted octanol–water partition coefficient (Wildman–Crippen LogP) is 4.14. The van der Waals surface area contributed by atoms with E-state index in [9.17, 15) is 35.2 Å². The summed E-state index contributed by atoms with van der Waals surface area (Å²) in [4.78, 5) is 33.7. The first-order valence-corrected chi connectivity index (χ1v) is 10.4. The van der Waals surface area contributed by atoms with Crippen LogP contribution in [-0.2, 0) is 0 Å². The van der Waals surface area contributed by atoms with E-state index in [0.29, 0.717) is 28.2 Å². The van der Waals surface area contributed by atoms with Gasteiger partial charge in [0.1, 0.15) is 6.10 Å². The van der Waals surface area contributed by atoms with Crippen LogP contribution in [0.25, 0.3) is 0 Å². The summed E-state index contributed by atoms with van der Waals surface area (Å²) < 4.78 is 0. The molecule has 4 N–H and O–H groups in total. The topological polar surface area (TPSA) is 168 Å². The number of carbonyl (C=O) groups excluding carboxylic acids is 1. The molecule has 0 bridgehead atoms. The quantitative estimate of drug-likeness (QED) is 0.304. The van der Waals surface area contributed by atoms with E-state index < -0.39 is 39.3 Å². The Hall–Kier alpha value is -4.61. The van der Waals surface area contributed by atoms with Gasteiger partial charge in [-0.15, -0.1) is 0 Å². The number of amides is 1. The number of anilines is 2. The summed E-state index contributed by atoms with van der Waals surface area (Å²) >= 11 is 0. The highest BCUT2D eigenvalue weighted by molar-refractivity contribution is 6.06. The normalized spacial score (nSPS) is 16.6. The molecule has 0 spiro atoms. The van der Waals surface area contributed by atoms with Gasteiger partial charge in [-0.1, -0.05) is 30.3 Å². The standard InChI is InChI=1S/C24H20N4O7/c1-13-19(10-16(27(32)33)11-21(13)28(34)35)24(31)26-15-6-4-5-14(9-15)25-20-12-22(29)17-7-2-3-8-18(17)23(20)30/h2-12,22-23,25,29-30H,1H3,(H,26,31). The molecule has 0 aliphatic heterocycles. The van der Waals surface area contributed by atoms with Gasteiger partial charge in [0, 0.05) is 28.7 Å². The Balaban J connectivity index is 1.58. The number of nitrogens with one attached hydrogen (secondary N) is 2. The highest BCUT2D eigenvalue weighted by atomic mass is 16.6. The second-order valence-corrected chi connectivity index (χ2v) is 7.91. The zero-order valence-electron chi connectivity index (χ0n) is 18.3. The molecule has 11 nitrogen and oxygen atoms in total. The third kappa shape index (κ3) is 4.71. The van der Waals surface area contributed by atoms with Crippen LogP contribution in [0.1, 0.15) is 39.3 Å². The Morgan fingerprint density at radius 1 is 0.914 bits per heavy atom. The Bertz CT molecular complexity index is 1390. The highest BCUT2D eigenvalue weighted by Crippen LogP contribution is 2.36. The van der Waals surface area contributed by atoms with E-state index in [1.807, 2.05) is 0 Å². The van der Waals surface area contributed by atoms with Crippen molar-refractivity contribution in [3.8, 4) is 0 Å². The Morgan fingerprint density at radius 3 is 2.29 bits per heavy atom. The van der Waals surface area contributed by atoms with Crippen molar-refractivity contribution in [2.45, 2.75) is 19.1 Å². The van der Waals surface area contributed by atoms with E-state index in [1.54, 1.807) is 48.5 Å². The maximum atomic E-state index is 12.9. The fraction of sp³-hybridized carbons (Fsp3) is 0.125. The van der Waals surface area contributed by atoms with Gasteiger partial charge in [0.15, 0.2) is 0 Å². The van der Waals surface area contributed by atoms with E-state index in [4.69, 9.17) is 0 Å². The van der Waals surface area contributed by atoms with Crippen LogP contribution in [-0.4, -0.2) is 26.0 Å². The summed E-state index contributed by atoms with van der Waals surface area (Å²) in [5, 5.41) is 49.2. The molecule has 0 saturated carbocycles. The minimum Gasteiger partial charge on any atom is -0.384 e. The average molecular weight is 476 g/mol. The van der Waals surface area contributed by atoms with Crippen molar-refractivity contribution in [2.24, 2.45) is 0 Å². The zero-order valence-corrected chi connectivity index (χ0v) is 18.3. The van der Waals surface area contributed by atoms with Crippen molar-refractivity contribution < 1.29 is 24.9 Å². The van der Waals surface area contributed by atoms with Gasteiger partial charge in [-0.2, -0.15) is 0 Å². The minimum atomic E-state index is -0.999. The van der Waals surface area contributed by atoms with Crippen LogP contribution in [0.5, 0.6) is 0 Å². The summed E-state index contributed by atoms with van der Waals surface area (Å²) in [6.45, 7) is 1.34. The molecule has 0 fully saturated rings. The maximum absolute atomic E-state index is 12.9. The van der Waals surface area contributed by atoms with Gasteiger partial charge >= 0.3 is 0 Å². The molecule has 1 aliphatic carbocycles. The van der Waals surface area contributed by atoms with E-state index >= 15 is 0 Å². The fourth-order valence-electron chi connectivity index (χ4n) is 3.91. The SMILES string of the molecule is Cc1c(C(=O)Nc2cccc(NC3=CC(O)c4ccccc4C3O)c2)cc([N+](=O)[O-])cc1[N+](=O)[O-]. The molecule has 3 aromatic rings. The number of nitrogens with zero attached hydrogens (tertiary/aromatic N) is 2. The molecule has 1 aliphatic rings. The second kappa shape index (κ2) is 9.33. The first-order valence-electron chi connectivity index (χ1n) is 10.4. The molecule has 1 amide bonds. The Kier molecular flexibility index (Phi) is 6.28. The van der Waals surface area contributed by atoms with Gasteiger partial charge in [0.25, 0.3) is 17.3 Å².